The first-order valence-corrected chi connectivity index (χ1v) is 13.5. The SMILES string of the molecule is CCCCCCCCCCCCCCCCC(=O)OC(CCCCCCC)CC(=O)O. The van der Waals surface area contributed by atoms with Gasteiger partial charge in [-0.2, -0.15) is 0 Å². The van der Waals surface area contributed by atoms with Crippen LogP contribution in [0.1, 0.15) is 155 Å². The molecule has 1 N–H and O–H groups in total. The van der Waals surface area contributed by atoms with Crippen LogP contribution in [0, 0.1) is 0 Å². The van der Waals surface area contributed by atoms with Gasteiger partial charge in [-0.3, -0.25) is 9.59 Å². The number of carbonyl (C=O) groups is 2. The van der Waals surface area contributed by atoms with Crippen molar-refractivity contribution < 1.29 is 19.4 Å². The van der Waals surface area contributed by atoms with Gasteiger partial charge in [0.1, 0.15) is 6.10 Å². The predicted octanol–water partition coefficient (Wildman–Crippen LogP) is 8.60. The van der Waals surface area contributed by atoms with Gasteiger partial charge < -0.3 is 9.84 Å². The van der Waals surface area contributed by atoms with Gasteiger partial charge in [0, 0.05) is 6.42 Å². The third-order valence-electron chi connectivity index (χ3n) is 6.06. The van der Waals surface area contributed by atoms with Crippen LogP contribution in [0.15, 0.2) is 0 Å². The Kier molecular flexibility index (Phi) is 22.8. The molecule has 0 aromatic carbocycles. The molecule has 0 fully saturated rings. The summed E-state index contributed by atoms with van der Waals surface area (Å²) in [6, 6.07) is 0. The van der Waals surface area contributed by atoms with Crippen molar-refractivity contribution in [1.29, 1.82) is 0 Å². The van der Waals surface area contributed by atoms with Crippen LogP contribution >= 0.6 is 0 Å². The van der Waals surface area contributed by atoms with E-state index in [0.717, 1.165) is 25.7 Å². The molecule has 1 unspecified atom stereocenters. The van der Waals surface area contributed by atoms with E-state index < -0.39 is 12.1 Å². The number of ether oxygens (including phenoxy) is 1. The van der Waals surface area contributed by atoms with Crippen LogP contribution in [0.25, 0.3) is 0 Å². The average Bonchev–Trinajstić information content (AvgIpc) is 2.73. The Labute approximate surface area is 192 Å². The molecule has 0 aliphatic rings. The second kappa shape index (κ2) is 23.6. The molecule has 0 rings (SSSR count). The van der Waals surface area contributed by atoms with Crippen molar-refractivity contribution in [2.24, 2.45) is 0 Å². The minimum atomic E-state index is -0.886. The Morgan fingerprint density at radius 3 is 1.42 bits per heavy atom. The van der Waals surface area contributed by atoms with Gasteiger partial charge in [0.15, 0.2) is 0 Å². The highest BCUT2D eigenvalue weighted by Crippen LogP contribution is 2.16. The van der Waals surface area contributed by atoms with Gasteiger partial charge in [-0.25, -0.2) is 0 Å². The highest BCUT2D eigenvalue weighted by molar-refractivity contribution is 5.71. The van der Waals surface area contributed by atoms with Gasteiger partial charge in [-0.1, -0.05) is 123 Å². The van der Waals surface area contributed by atoms with Crippen molar-refractivity contribution in [3.63, 3.8) is 0 Å². The van der Waals surface area contributed by atoms with Crippen LogP contribution in [0.5, 0.6) is 0 Å². The fourth-order valence-corrected chi connectivity index (χ4v) is 4.08. The van der Waals surface area contributed by atoms with Crippen LogP contribution < -0.4 is 0 Å². The number of esters is 1. The minimum Gasteiger partial charge on any atom is -0.481 e. The number of unbranched alkanes of at least 4 members (excludes halogenated alkanes) is 17. The summed E-state index contributed by atoms with van der Waals surface area (Å²) in [5.74, 6) is -1.11. The molecular weight excluding hydrogens is 388 g/mol. The first-order chi connectivity index (χ1) is 15.1. The molecular formula is C27H52O4. The molecule has 0 heterocycles. The second-order valence-corrected chi connectivity index (χ2v) is 9.26. The molecule has 0 aliphatic carbocycles. The predicted molar refractivity (Wildman–Crippen MR) is 130 cm³/mol. The highest BCUT2D eigenvalue weighted by atomic mass is 16.5. The number of rotatable bonds is 24. The molecule has 0 bridgehead atoms. The molecule has 4 nitrogen and oxygen atoms in total. The lowest BCUT2D eigenvalue weighted by molar-refractivity contribution is -0.153. The zero-order valence-corrected chi connectivity index (χ0v) is 20.8. The maximum Gasteiger partial charge on any atom is 0.307 e. The molecule has 0 saturated carbocycles. The molecule has 184 valence electrons. The third kappa shape index (κ3) is 23.4. The maximum absolute atomic E-state index is 12.1. The van der Waals surface area contributed by atoms with E-state index in [4.69, 9.17) is 9.84 Å². The fourth-order valence-electron chi connectivity index (χ4n) is 4.08. The van der Waals surface area contributed by atoms with Crippen LogP contribution in [-0.2, 0) is 14.3 Å². The van der Waals surface area contributed by atoms with Crippen molar-refractivity contribution in [2.75, 3.05) is 0 Å². The topological polar surface area (TPSA) is 63.6 Å². The van der Waals surface area contributed by atoms with E-state index in [-0.39, 0.29) is 12.4 Å². The van der Waals surface area contributed by atoms with Crippen molar-refractivity contribution in [3.8, 4) is 0 Å². The van der Waals surface area contributed by atoms with Crippen molar-refractivity contribution in [2.45, 2.75) is 161 Å². The van der Waals surface area contributed by atoms with Crippen molar-refractivity contribution in [1.82, 2.24) is 0 Å². The van der Waals surface area contributed by atoms with Crippen LogP contribution in [0.3, 0.4) is 0 Å². The molecule has 31 heavy (non-hydrogen) atoms. The lowest BCUT2D eigenvalue weighted by atomic mass is 10.0. The van der Waals surface area contributed by atoms with E-state index in [0.29, 0.717) is 12.8 Å². The van der Waals surface area contributed by atoms with E-state index in [1.54, 1.807) is 0 Å². The lowest BCUT2D eigenvalue weighted by Crippen LogP contribution is -2.21. The Morgan fingerprint density at radius 2 is 1.00 bits per heavy atom. The summed E-state index contributed by atoms with van der Waals surface area (Å²) in [4.78, 5) is 23.1. The normalized spacial score (nSPS) is 12.1. The third-order valence-corrected chi connectivity index (χ3v) is 6.06. The van der Waals surface area contributed by atoms with E-state index in [9.17, 15) is 9.59 Å². The minimum absolute atomic E-state index is 0.0712. The molecule has 0 aromatic heterocycles. The van der Waals surface area contributed by atoms with Crippen LogP contribution in [-0.4, -0.2) is 23.1 Å². The lowest BCUT2D eigenvalue weighted by Gasteiger charge is -2.16. The van der Waals surface area contributed by atoms with Gasteiger partial charge in [-0.15, -0.1) is 0 Å². The molecule has 0 radical (unpaired) electrons. The number of carboxylic acids is 1. The van der Waals surface area contributed by atoms with Gasteiger partial charge in [0.05, 0.1) is 6.42 Å². The molecule has 1 atom stereocenters. The zero-order chi connectivity index (χ0) is 23.0. The van der Waals surface area contributed by atoms with Gasteiger partial charge in [0.2, 0.25) is 0 Å². The summed E-state index contributed by atoms with van der Waals surface area (Å²) in [7, 11) is 0. The number of hydrogen-bond donors (Lipinski definition) is 1. The first-order valence-electron chi connectivity index (χ1n) is 13.5. The van der Waals surface area contributed by atoms with Crippen molar-refractivity contribution in [3.05, 3.63) is 0 Å². The van der Waals surface area contributed by atoms with Gasteiger partial charge in [0.25, 0.3) is 0 Å². The Morgan fingerprint density at radius 1 is 0.613 bits per heavy atom. The summed E-state index contributed by atoms with van der Waals surface area (Å²) in [5, 5.41) is 9.05. The fraction of sp³-hybridized carbons (Fsp3) is 0.926. The largest absolute Gasteiger partial charge is 0.481 e. The highest BCUT2D eigenvalue weighted by Gasteiger charge is 2.17. The summed E-state index contributed by atoms with van der Waals surface area (Å²) < 4.78 is 5.46. The number of carbonyl (C=O) groups excluding carboxylic acids is 1. The number of aliphatic carboxylic acids is 1. The number of carboxylic acid groups (broad SMARTS) is 1. The second-order valence-electron chi connectivity index (χ2n) is 9.26. The number of hydrogen-bond acceptors (Lipinski definition) is 3. The monoisotopic (exact) mass is 440 g/mol. The Balaban J connectivity index is 3.59. The first kappa shape index (κ1) is 29.9. The van der Waals surface area contributed by atoms with E-state index in [1.165, 1.54) is 96.3 Å². The molecule has 0 amide bonds. The van der Waals surface area contributed by atoms with Gasteiger partial charge >= 0.3 is 11.9 Å². The quantitative estimate of drug-likeness (QED) is 0.120. The molecule has 0 saturated heterocycles. The smallest absolute Gasteiger partial charge is 0.307 e. The zero-order valence-electron chi connectivity index (χ0n) is 20.8. The van der Waals surface area contributed by atoms with E-state index in [2.05, 4.69) is 13.8 Å². The molecule has 0 aromatic rings. The average molecular weight is 441 g/mol. The summed E-state index contributed by atoms with van der Waals surface area (Å²) in [5.41, 5.74) is 0. The summed E-state index contributed by atoms with van der Waals surface area (Å²) >= 11 is 0. The van der Waals surface area contributed by atoms with E-state index >= 15 is 0 Å². The summed E-state index contributed by atoms with van der Waals surface area (Å²) in [6.45, 7) is 4.44. The van der Waals surface area contributed by atoms with Crippen LogP contribution in [0.4, 0.5) is 0 Å². The molecule has 0 spiro atoms. The standard InChI is InChI=1S/C27H52O4/c1-3-5-7-9-10-11-12-13-14-15-16-17-19-21-23-27(30)31-25(24-26(28)29)22-20-18-8-6-4-2/h25H,3-24H2,1-2H3,(H,28,29). The van der Waals surface area contributed by atoms with E-state index in [1.807, 2.05) is 0 Å². The molecule has 4 heteroatoms. The van der Waals surface area contributed by atoms with Gasteiger partial charge in [-0.05, 0) is 19.3 Å². The Hall–Kier alpha value is -1.06. The van der Waals surface area contributed by atoms with Crippen molar-refractivity contribution >= 4 is 11.9 Å². The Bertz CT molecular complexity index is 408. The maximum atomic E-state index is 12.1. The summed E-state index contributed by atoms with van der Waals surface area (Å²) in [6.07, 6.45) is 24.2. The van der Waals surface area contributed by atoms with Crippen LogP contribution in [0.2, 0.25) is 0 Å². The molecule has 0 aliphatic heterocycles.